The molecule has 0 bridgehead atoms. The fourth-order valence-corrected chi connectivity index (χ4v) is 10.1. The van der Waals surface area contributed by atoms with Crippen LogP contribution in [0, 0.1) is 0 Å². The molecule has 56 heavy (non-hydrogen) atoms. The molecule has 12 rings (SSSR count). The van der Waals surface area contributed by atoms with Gasteiger partial charge in [-0.3, -0.25) is 0 Å². The van der Waals surface area contributed by atoms with Gasteiger partial charge in [-0.25, -0.2) is 9.97 Å². The summed E-state index contributed by atoms with van der Waals surface area (Å²) in [6.45, 7) is 0. The first kappa shape index (κ1) is 31.2. The number of benzene rings is 9. The van der Waals surface area contributed by atoms with Crippen molar-refractivity contribution in [3.8, 4) is 39.5 Å². The van der Waals surface area contributed by atoms with Crippen LogP contribution in [0.4, 0.5) is 0 Å². The molecule has 0 atom stereocenters. The Morgan fingerprint density at radius 1 is 0.393 bits per heavy atom. The van der Waals surface area contributed by atoms with Crippen LogP contribution in [-0.4, -0.2) is 14.5 Å². The Balaban J connectivity index is 1.12. The molecule has 0 aliphatic carbocycles. The van der Waals surface area contributed by atoms with Crippen molar-refractivity contribution in [2.45, 2.75) is 0 Å². The molecule has 260 valence electrons. The van der Waals surface area contributed by atoms with Crippen LogP contribution in [0.3, 0.4) is 0 Å². The van der Waals surface area contributed by atoms with Gasteiger partial charge in [-0.15, -0.1) is 11.3 Å². The summed E-state index contributed by atoms with van der Waals surface area (Å²) in [4.78, 5) is 10.3. The molecular formula is C52H31N3S. The highest BCUT2D eigenvalue weighted by atomic mass is 32.1. The van der Waals surface area contributed by atoms with Crippen LogP contribution >= 0.6 is 11.3 Å². The second kappa shape index (κ2) is 12.2. The van der Waals surface area contributed by atoms with Gasteiger partial charge < -0.3 is 4.57 Å². The molecule has 3 aromatic heterocycles. The molecule has 0 spiro atoms. The van der Waals surface area contributed by atoms with Crippen LogP contribution < -0.4 is 0 Å². The van der Waals surface area contributed by atoms with E-state index in [2.05, 4.69) is 180 Å². The zero-order chi connectivity index (χ0) is 36.7. The molecule has 0 unspecified atom stereocenters. The van der Waals surface area contributed by atoms with Crippen molar-refractivity contribution >= 4 is 85.8 Å². The predicted molar refractivity (Wildman–Crippen MR) is 238 cm³/mol. The largest absolute Gasteiger partial charge is 0.307 e. The van der Waals surface area contributed by atoms with Crippen LogP contribution in [0.15, 0.2) is 188 Å². The molecule has 0 aliphatic heterocycles. The van der Waals surface area contributed by atoms with Crippen molar-refractivity contribution in [1.82, 2.24) is 14.5 Å². The number of hydrogen-bond acceptors (Lipinski definition) is 3. The lowest BCUT2D eigenvalue weighted by Crippen LogP contribution is -1.96. The van der Waals surface area contributed by atoms with Crippen molar-refractivity contribution in [2.24, 2.45) is 0 Å². The van der Waals surface area contributed by atoms with Gasteiger partial charge in [0, 0.05) is 53.8 Å². The Hall–Kier alpha value is -7.14. The van der Waals surface area contributed by atoms with Gasteiger partial charge in [0.05, 0.1) is 26.9 Å². The monoisotopic (exact) mass is 729 g/mol. The summed E-state index contributed by atoms with van der Waals surface area (Å²) in [7, 11) is 0. The third-order valence-electron chi connectivity index (χ3n) is 11.3. The molecule has 0 aliphatic rings. The summed E-state index contributed by atoms with van der Waals surface area (Å²) in [5.41, 5.74) is 9.81. The quantitative estimate of drug-likeness (QED) is 0.181. The van der Waals surface area contributed by atoms with Crippen LogP contribution in [-0.2, 0) is 0 Å². The summed E-state index contributed by atoms with van der Waals surface area (Å²) in [6, 6.07) is 67.7. The van der Waals surface area contributed by atoms with Crippen LogP contribution in [0.1, 0.15) is 0 Å². The van der Waals surface area contributed by atoms with Gasteiger partial charge in [0.25, 0.3) is 0 Å². The van der Waals surface area contributed by atoms with Gasteiger partial charge >= 0.3 is 0 Å². The van der Waals surface area contributed by atoms with E-state index in [1.165, 1.54) is 63.5 Å². The van der Waals surface area contributed by atoms with Crippen LogP contribution in [0.25, 0.3) is 114 Å². The molecule has 12 aromatic rings. The normalized spacial score (nSPS) is 11.9. The number of nitrogens with zero attached hydrogens (tertiary/aromatic N) is 3. The molecule has 0 fully saturated rings. The summed E-state index contributed by atoms with van der Waals surface area (Å²) >= 11 is 1.90. The Morgan fingerprint density at radius 2 is 1.04 bits per heavy atom. The summed E-state index contributed by atoms with van der Waals surface area (Å²) in [6.07, 6.45) is 0. The minimum atomic E-state index is 0.716. The van der Waals surface area contributed by atoms with E-state index in [9.17, 15) is 0 Å². The molecule has 0 N–H and O–H groups in total. The Kier molecular flexibility index (Phi) is 6.80. The fourth-order valence-electron chi connectivity index (χ4n) is 8.88. The number of aromatic nitrogens is 3. The van der Waals surface area contributed by atoms with Gasteiger partial charge in [0.15, 0.2) is 5.82 Å². The third-order valence-corrected chi connectivity index (χ3v) is 12.5. The minimum absolute atomic E-state index is 0.716. The van der Waals surface area contributed by atoms with Crippen LogP contribution in [0.5, 0.6) is 0 Å². The SMILES string of the molecule is c1ccc(-c2nc(-c3cccc(-c4cccc(-n5c6c7ccccc7ccc6c6c7ccccc7c7c8ccccc8sc7c65)c4)c3)nc3ccccc23)cc1. The van der Waals surface area contributed by atoms with Crippen molar-refractivity contribution in [3.63, 3.8) is 0 Å². The first-order chi connectivity index (χ1) is 27.8. The summed E-state index contributed by atoms with van der Waals surface area (Å²) in [5.74, 6) is 0.716. The molecular weight excluding hydrogens is 699 g/mol. The van der Waals surface area contributed by atoms with E-state index >= 15 is 0 Å². The van der Waals surface area contributed by atoms with E-state index in [0.29, 0.717) is 5.82 Å². The molecule has 0 amide bonds. The summed E-state index contributed by atoms with van der Waals surface area (Å²) in [5, 5.41) is 11.3. The van der Waals surface area contributed by atoms with Crippen molar-refractivity contribution < 1.29 is 0 Å². The van der Waals surface area contributed by atoms with Gasteiger partial charge in [-0.05, 0) is 57.6 Å². The lowest BCUT2D eigenvalue weighted by Gasteiger charge is -2.13. The average molecular weight is 730 g/mol. The summed E-state index contributed by atoms with van der Waals surface area (Å²) < 4.78 is 5.16. The van der Waals surface area contributed by atoms with Crippen LogP contribution in [0.2, 0.25) is 0 Å². The molecule has 0 saturated carbocycles. The number of fused-ring (bicyclic) bond motifs is 13. The Bertz CT molecular complexity index is 3540. The lowest BCUT2D eigenvalue weighted by atomic mass is 9.98. The highest BCUT2D eigenvalue weighted by molar-refractivity contribution is 7.27. The Morgan fingerprint density at radius 3 is 1.89 bits per heavy atom. The third kappa shape index (κ3) is 4.63. The van der Waals surface area contributed by atoms with E-state index in [-0.39, 0.29) is 0 Å². The van der Waals surface area contributed by atoms with E-state index < -0.39 is 0 Å². The van der Waals surface area contributed by atoms with Crippen molar-refractivity contribution in [3.05, 3.63) is 188 Å². The first-order valence-electron chi connectivity index (χ1n) is 19.0. The van der Waals surface area contributed by atoms with E-state index in [4.69, 9.17) is 9.97 Å². The molecule has 0 saturated heterocycles. The number of para-hydroxylation sites is 1. The number of rotatable bonds is 4. The standard InChI is InChI=1S/C52H31N3S/c1-2-15-33(16-3-1)48-41-24-8-10-26-44(41)53-52(54-48)36-19-12-17-34(30-36)35-18-13-20-37(31-35)55-49-38-21-5-4-14-32(38)28-29-43(49)46-39-22-6-7-23-40(39)47-42-25-9-11-27-45(42)56-51(47)50(46)55/h1-31H. The Labute approximate surface area is 326 Å². The zero-order valence-electron chi connectivity index (χ0n) is 30.1. The van der Waals surface area contributed by atoms with Gasteiger partial charge in [-0.1, -0.05) is 158 Å². The van der Waals surface area contributed by atoms with Gasteiger partial charge in [0.1, 0.15) is 0 Å². The first-order valence-corrected chi connectivity index (χ1v) is 19.8. The van der Waals surface area contributed by atoms with Crippen molar-refractivity contribution in [1.29, 1.82) is 0 Å². The highest BCUT2D eigenvalue weighted by Gasteiger charge is 2.23. The maximum absolute atomic E-state index is 5.19. The fraction of sp³-hybridized carbons (Fsp3) is 0. The molecule has 3 nitrogen and oxygen atoms in total. The van der Waals surface area contributed by atoms with Gasteiger partial charge in [-0.2, -0.15) is 0 Å². The maximum Gasteiger partial charge on any atom is 0.160 e. The number of hydrogen-bond donors (Lipinski definition) is 0. The highest BCUT2D eigenvalue weighted by Crippen LogP contribution is 2.49. The smallest absolute Gasteiger partial charge is 0.160 e. The lowest BCUT2D eigenvalue weighted by molar-refractivity contribution is 1.19. The van der Waals surface area contributed by atoms with E-state index in [0.717, 1.165) is 44.5 Å². The molecule has 0 radical (unpaired) electrons. The molecule has 4 heteroatoms. The molecule has 9 aromatic carbocycles. The minimum Gasteiger partial charge on any atom is -0.307 e. The number of thiophene rings is 1. The maximum atomic E-state index is 5.19. The second-order valence-electron chi connectivity index (χ2n) is 14.5. The predicted octanol–water partition coefficient (Wildman–Crippen LogP) is 14.4. The topological polar surface area (TPSA) is 30.7 Å². The van der Waals surface area contributed by atoms with Crippen molar-refractivity contribution in [2.75, 3.05) is 0 Å². The average Bonchev–Trinajstić information content (AvgIpc) is 3.84. The molecule has 3 heterocycles. The second-order valence-corrected chi connectivity index (χ2v) is 15.6. The van der Waals surface area contributed by atoms with Gasteiger partial charge in [0.2, 0.25) is 0 Å². The van der Waals surface area contributed by atoms with E-state index in [1.54, 1.807) is 0 Å². The van der Waals surface area contributed by atoms with E-state index in [1.807, 2.05) is 23.5 Å². The zero-order valence-corrected chi connectivity index (χ0v) is 31.0.